The molecule has 1 saturated heterocycles. The minimum absolute atomic E-state index is 0.00105. The molecule has 1 atom stereocenters. The van der Waals surface area contributed by atoms with Gasteiger partial charge in [0, 0.05) is 25.5 Å². The second-order valence-corrected chi connectivity index (χ2v) is 5.46. The summed E-state index contributed by atoms with van der Waals surface area (Å²) in [6.45, 7) is 0.334. The molecule has 1 aliphatic rings. The molecule has 0 spiro atoms. The first-order chi connectivity index (χ1) is 11.0. The Bertz CT molecular complexity index is 558. The van der Waals surface area contributed by atoms with Gasteiger partial charge in [-0.25, -0.2) is 4.79 Å². The van der Waals surface area contributed by atoms with Crippen LogP contribution in [0.2, 0.25) is 0 Å². The lowest BCUT2D eigenvalue weighted by atomic mass is 9.98. The van der Waals surface area contributed by atoms with Gasteiger partial charge in [-0.2, -0.15) is 0 Å². The third-order valence-corrected chi connectivity index (χ3v) is 3.86. The maximum absolute atomic E-state index is 12.1. The number of methoxy groups -OCH3 is 2. The molecule has 126 valence electrons. The second kappa shape index (κ2) is 7.32. The van der Waals surface area contributed by atoms with Crippen LogP contribution in [0.1, 0.15) is 18.4 Å². The fourth-order valence-electron chi connectivity index (χ4n) is 2.48. The molecule has 1 aromatic carbocycles. The van der Waals surface area contributed by atoms with Crippen LogP contribution in [-0.2, 0) is 20.7 Å². The van der Waals surface area contributed by atoms with E-state index in [9.17, 15) is 14.7 Å². The van der Waals surface area contributed by atoms with Crippen LogP contribution in [0.3, 0.4) is 0 Å². The summed E-state index contributed by atoms with van der Waals surface area (Å²) in [5.41, 5.74) is -0.424. The number of amides is 1. The Kier molecular flexibility index (Phi) is 5.44. The van der Waals surface area contributed by atoms with Crippen molar-refractivity contribution in [2.45, 2.75) is 24.8 Å². The Balaban J connectivity index is 1.97. The number of hydrogen-bond donors (Lipinski definition) is 2. The number of ether oxygens (including phenoxy) is 3. The van der Waals surface area contributed by atoms with Gasteiger partial charge in [0.2, 0.25) is 5.91 Å². The predicted molar refractivity (Wildman–Crippen MR) is 81.8 cm³/mol. The minimum atomic E-state index is -1.30. The number of hydrogen-bond acceptors (Lipinski definition) is 5. The summed E-state index contributed by atoms with van der Waals surface area (Å²) in [6.07, 6.45) is 0.905. The van der Waals surface area contributed by atoms with E-state index >= 15 is 0 Å². The van der Waals surface area contributed by atoms with Crippen LogP contribution in [0.15, 0.2) is 18.2 Å². The summed E-state index contributed by atoms with van der Waals surface area (Å²) < 4.78 is 15.5. The molecular weight excluding hydrogens is 302 g/mol. The topological polar surface area (TPSA) is 94.1 Å². The number of nitrogens with one attached hydrogen (secondary N) is 1. The molecule has 1 heterocycles. The molecule has 1 aliphatic heterocycles. The van der Waals surface area contributed by atoms with Crippen molar-refractivity contribution in [1.29, 1.82) is 0 Å². The van der Waals surface area contributed by atoms with E-state index in [0.29, 0.717) is 24.5 Å². The van der Waals surface area contributed by atoms with E-state index in [1.165, 1.54) is 0 Å². The van der Waals surface area contributed by atoms with E-state index in [2.05, 4.69) is 5.32 Å². The molecule has 2 N–H and O–H groups in total. The molecule has 2 rings (SSSR count). The van der Waals surface area contributed by atoms with Crippen LogP contribution in [0.5, 0.6) is 11.5 Å². The Morgan fingerprint density at radius 2 is 1.91 bits per heavy atom. The van der Waals surface area contributed by atoms with Crippen LogP contribution < -0.4 is 14.8 Å². The number of benzene rings is 1. The number of aliphatic carboxylic acids is 1. The van der Waals surface area contributed by atoms with Gasteiger partial charge in [0.15, 0.2) is 5.54 Å². The largest absolute Gasteiger partial charge is 0.497 e. The summed E-state index contributed by atoms with van der Waals surface area (Å²) in [5, 5.41) is 11.9. The van der Waals surface area contributed by atoms with Gasteiger partial charge in [-0.05, 0) is 24.1 Å². The van der Waals surface area contributed by atoms with E-state index in [1.54, 1.807) is 20.3 Å². The zero-order chi connectivity index (χ0) is 16.9. The Morgan fingerprint density at radius 1 is 1.26 bits per heavy atom. The van der Waals surface area contributed by atoms with E-state index in [-0.39, 0.29) is 25.4 Å². The highest BCUT2D eigenvalue weighted by molar-refractivity contribution is 5.87. The second-order valence-electron chi connectivity index (χ2n) is 5.46. The van der Waals surface area contributed by atoms with Crippen molar-refractivity contribution in [1.82, 2.24) is 5.32 Å². The molecule has 1 unspecified atom stereocenters. The van der Waals surface area contributed by atoms with Crippen LogP contribution in [0.4, 0.5) is 0 Å². The minimum Gasteiger partial charge on any atom is -0.497 e. The van der Waals surface area contributed by atoms with Crippen LogP contribution in [0.25, 0.3) is 0 Å². The molecule has 23 heavy (non-hydrogen) atoms. The monoisotopic (exact) mass is 323 g/mol. The van der Waals surface area contributed by atoms with E-state index in [4.69, 9.17) is 14.2 Å². The van der Waals surface area contributed by atoms with E-state index < -0.39 is 11.5 Å². The molecule has 0 aliphatic carbocycles. The van der Waals surface area contributed by atoms with Crippen molar-refractivity contribution >= 4 is 11.9 Å². The number of carboxylic acid groups (broad SMARTS) is 1. The smallest absolute Gasteiger partial charge is 0.331 e. The quantitative estimate of drug-likeness (QED) is 0.777. The number of aryl methyl sites for hydroxylation is 1. The van der Waals surface area contributed by atoms with Gasteiger partial charge in [-0.15, -0.1) is 0 Å². The van der Waals surface area contributed by atoms with Gasteiger partial charge in [-0.3, -0.25) is 4.79 Å². The third-order valence-electron chi connectivity index (χ3n) is 3.86. The normalized spacial score (nSPS) is 20.1. The highest BCUT2D eigenvalue weighted by Gasteiger charge is 2.43. The lowest BCUT2D eigenvalue weighted by Crippen LogP contribution is -2.55. The van der Waals surface area contributed by atoms with E-state index in [0.717, 1.165) is 5.56 Å². The molecule has 7 nitrogen and oxygen atoms in total. The molecule has 0 saturated carbocycles. The summed E-state index contributed by atoms with van der Waals surface area (Å²) in [6, 6.07) is 5.39. The summed E-state index contributed by atoms with van der Waals surface area (Å²) in [5.74, 6) is -0.0944. The Labute approximate surface area is 134 Å². The molecule has 7 heteroatoms. The highest BCUT2D eigenvalue weighted by Crippen LogP contribution is 2.24. The SMILES string of the molecule is COc1cc(CCC(=O)NC2(C(=O)O)CCOC2)cc(OC)c1. The van der Waals surface area contributed by atoms with Crippen LogP contribution in [0, 0.1) is 0 Å². The van der Waals surface area contributed by atoms with Crippen LogP contribution >= 0.6 is 0 Å². The molecule has 1 aromatic rings. The zero-order valence-corrected chi connectivity index (χ0v) is 13.3. The van der Waals surface area contributed by atoms with Gasteiger partial charge in [-0.1, -0.05) is 0 Å². The average Bonchev–Trinajstić information content (AvgIpc) is 3.02. The number of carbonyl (C=O) groups excluding carboxylic acids is 1. The van der Waals surface area contributed by atoms with Crippen molar-refractivity contribution < 1.29 is 28.9 Å². The lowest BCUT2D eigenvalue weighted by Gasteiger charge is -2.23. The van der Waals surface area contributed by atoms with E-state index in [1.807, 2.05) is 12.1 Å². The molecular formula is C16H21NO6. The lowest BCUT2D eigenvalue weighted by molar-refractivity contribution is -0.147. The molecule has 0 aromatic heterocycles. The first-order valence-corrected chi connectivity index (χ1v) is 7.33. The Morgan fingerprint density at radius 3 is 2.39 bits per heavy atom. The molecule has 0 bridgehead atoms. The van der Waals surface area contributed by atoms with Gasteiger partial charge in [0.1, 0.15) is 11.5 Å². The number of carbonyl (C=O) groups is 2. The molecule has 1 fully saturated rings. The third kappa shape index (κ3) is 4.13. The summed E-state index contributed by atoms with van der Waals surface area (Å²) in [7, 11) is 3.12. The van der Waals surface area contributed by atoms with Gasteiger partial charge in [0.25, 0.3) is 0 Å². The molecule has 1 amide bonds. The van der Waals surface area contributed by atoms with Gasteiger partial charge in [0.05, 0.1) is 20.8 Å². The van der Waals surface area contributed by atoms with Crippen molar-refractivity contribution in [3.05, 3.63) is 23.8 Å². The average molecular weight is 323 g/mol. The zero-order valence-electron chi connectivity index (χ0n) is 13.3. The Hall–Kier alpha value is -2.28. The van der Waals surface area contributed by atoms with Crippen molar-refractivity contribution in [2.24, 2.45) is 0 Å². The molecule has 0 radical (unpaired) electrons. The van der Waals surface area contributed by atoms with Crippen LogP contribution in [-0.4, -0.2) is 50.0 Å². The number of carboxylic acids is 1. The fourth-order valence-corrected chi connectivity index (χ4v) is 2.48. The predicted octanol–water partition coefficient (Wildman–Crippen LogP) is 0.996. The van der Waals surface area contributed by atoms with Crippen molar-refractivity contribution in [2.75, 3.05) is 27.4 Å². The number of rotatable bonds is 7. The first kappa shape index (κ1) is 17.1. The standard InChI is InChI=1S/C16H21NO6/c1-21-12-7-11(8-13(9-12)22-2)3-4-14(18)17-16(15(19)20)5-6-23-10-16/h7-9H,3-6,10H2,1-2H3,(H,17,18)(H,19,20). The maximum atomic E-state index is 12.1. The van der Waals surface area contributed by atoms with Crippen molar-refractivity contribution in [3.63, 3.8) is 0 Å². The van der Waals surface area contributed by atoms with Crippen molar-refractivity contribution in [3.8, 4) is 11.5 Å². The first-order valence-electron chi connectivity index (χ1n) is 7.33. The summed E-state index contributed by atoms with van der Waals surface area (Å²) in [4.78, 5) is 23.5. The summed E-state index contributed by atoms with van der Waals surface area (Å²) >= 11 is 0. The van der Waals surface area contributed by atoms with Gasteiger partial charge < -0.3 is 24.6 Å². The maximum Gasteiger partial charge on any atom is 0.331 e. The van der Waals surface area contributed by atoms with Gasteiger partial charge >= 0.3 is 5.97 Å². The fraction of sp³-hybridized carbons (Fsp3) is 0.500. The highest BCUT2D eigenvalue weighted by atomic mass is 16.5.